The van der Waals surface area contributed by atoms with E-state index in [1.807, 2.05) is 0 Å². The second-order valence-electron chi connectivity index (χ2n) is 6.59. The lowest BCUT2D eigenvalue weighted by Gasteiger charge is -2.21. The van der Waals surface area contributed by atoms with Gasteiger partial charge in [0.05, 0.1) is 5.56 Å². The largest absolute Gasteiger partial charge is 0.452 e. The van der Waals surface area contributed by atoms with Crippen molar-refractivity contribution in [1.29, 1.82) is 0 Å². The summed E-state index contributed by atoms with van der Waals surface area (Å²) in [6.07, 6.45) is 3.91. The minimum absolute atomic E-state index is 0.371. The van der Waals surface area contributed by atoms with E-state index < -0.39 is 17.7 Å². The van der Waals surface area contributed by atoms with Gasteiger partial charge in [-0.3, -0.25) is 4.79 Å². The Morgan fingerprint density at radius 3 is 2.59 bits per heavy atom. The van der Waals surface area contributed by atoms with Gasteiger partial charge in [-0.15, -0.1) is 0 Å². The Bertz CT molecular complexity index is 892. The molecule has 1 aliphatic carbocycles. The van der Waals surface area contributed by atoms with E-state index in [9.17, 15) is 9.59 Å². The molecule has 6 nitrogen and oxygen atoms in total. The monoisotopic (exact) mass is 431 g/mol. The molecule has 27 heavy (non-hydrogen) atoms. The molecule has 140 valence electrons. The van der Waals surface area contributed by atoms with Crippen LogP contribution < -0.4 is 14.8 Å². The lowest BCUT2D eigenvalue weighted by Crippen LogP contribution is -2.34. The summed E-state index contributed by atoms with van der Waals surface area (Å²) in [5.41, 5.74) is 0.935. The van der Waals surface area contributed by atoms with Gasteiger partial charge < -0.3 is 19.5 Å². The van der Waals surface area contributed by atoms with Crippen LogP contribution in [0, 0.1) is 0 Å². The lowest BCUT2D eigenvalue weighted by atomic mass is 10.2. The number of benzene rings is 2. The molecular weight excluding hydrogens is 414 g/mol. The Hall–Kier alpha value is -2.54. The van der Waals surface area contributed by atoms with Gasteiger partial charge in [-0.2, -0.15) is 0 Å². The molecule has 0 saturated heterocycles. The molecule has 2 aliphatic rings. The summed E-state index contributed by atoms with van der Waals surface area (Å²) >= 11 is 3.28. The molecule has 1 fully saturated rings. The molecule has 0 atom stereocenters. The second kappa shape index (κ2) is 7.23. The average molecular weight is 432 g/mol. The van der Waals surface area contributed by atoms with Gasteiger partial charge in [-0.1, -0.05) is 12.1 Å². The topological polar surface area (TPSA) is 73.9 Å². The van der Waals surface area contributed by atoms with E-state index in [0.29, 0.717) is 27.2 Å². The first kappa shape index (κ1) is 17.9. The molecule has 0 unspecified atom stereocenters. The summed E-state index contributed by atoms with van der Waals surface area (Å²) in [6, 6.07) is 12.1. The van der Waals surface area contributed by atoms with Crippen molar-refractivity contribution in [2.45, 2.75) is 31.5 Å². The van der Waals surface area contributed by atoms with E-state index in [4.69, 9.17) is 14.2 Å². The molecule has 1 N–H and O–H groups in total. The third kappa shape index (κ3) is 3.78. The SMILES string of the molecule is O=C(COC(=O)c1ccccc1Br)Nc1ccc2c(c1)OC1(CCCC1)O2. The Kier molecular flexibility index (Phi) is 4.78. The van der Waals surface area contributed by atoms with Crippen molar-refractivity contribution in [2.75, 3.05) is 11.9 Å². The Labute approximate surface area is 164 Å². The summed E-state index contributed by atoms with van der Waals surface area (Å²) in [5, 5.41) is 2.71. The van der Waals surface area contributed by atoms with Gasteiger partial charge in [0.1, 0.15) is 0 Å². The number of fused-ring (bicyclic) bond motifs is 1. The van der Waals surface area contributed by atoms with Crippen molar-refractivity contribution in [3.05, 3.63) is 52.5 Å². The van der Waals surface area contributed by atoms with Crippen LogP contribution in [0.4, 0.5) is 5.69 Å². The quantitative estimate of drug-likeness (QED) is 0.730. The van der Waals surface area contributed by atoms with Crippen LogP contribution in [-0.4, -0.2) is 24.3 Å². The number of rotatable bonds is 4. The first-order valence-electron chi connectivity index (χ1n) is 8.78. The van der Waals surface area contributed by atoms with Crippen LogP contribution in [0.25, 0.3) is 0 Å². The van der Waals surface area contributed by atoms with Crippen molar-refractivity contribution >= 4 is 33.5 Å². The molecule has 4 rings (SSSR count). The minimum atomic E-state index is -0.563. The molecule has 1 amide bonds. The molecule has 2 aromatic rings. The predicted molar refractivity (Wildman–Crippen MR) is 102 cm³/mol. The molecule has 7 heteroatoms. The number of carbonyl (C=O) groups excluding carboxylic acids is 2. The Morgan fingerprint density at radius 1 is 1.07 bits per heavy atom. The predicted octanol–water partition coefficient (Wildman–Crippen LogP) is 4.29. The van der Waals surface area contributed by atoms with Gasteiger partial charge in [0.15, 0.2) is 18.1 Å². The molecule has 0 bridgehead atoms. The zero-order chi connectivity index (χ0) is 18.9. The summed E-state index contributed by atoms with van der Waals surface area (Å²) in [6.45, 7) is -0.376. The summed E-state index contributed by atoms with van der Waals surface area (Å²) < 4.78 is 17.6. The average Bonchev–Trinajstić information content (AvgIpc) is 3.25. The number of carbonyl (C=O) groups is 2. The van der Waals surface area contributed by atoms with E-state index in [2.05, 4.69) is 21.2 Å². The maximum Gasteiger partial charge on any atom is 0.339 e. The zero-order valence-electron chi connectivity index (χ0n) is 14.5. The number of ether oxygens (including phenoxy) is 3. The number of hydrogen-bond acceptors (Lipinski definition) is 5. The number of hydrogen-bond donors (Lipinski definition) is 1. The lowest BCUT2D eigenvalue weighted by molar-refractivity contribution is -0.119. The normalized spacial score (nSPS) is 16.3. The molecule has 0 radical (unpaired) electrons. The smallest absolute Gasteiger partial charge is 0.339 e. The van der Waals surface area contributed by atoms with Crippen molar-refractivity contribution in [2.24, 2.45) is 0 Å². The van der Waals surface area contributed by atoms with Crippen LogP contribution in [-0.2, 0) is 9.53 Å². The highest BCUT2D eigenvalue weighted by atomic mass is 79.9. The van der Waals surface area contributed by atoms with Gasteiger partial charge in [0, 0.05) is 29.1 Å². The highest BCUT2D eigenvalue weighted by molar-refractivity contribution is 9.10. The van der Waals surface area contributed by atoms with Crippen molar-refractivity contribution in [3.8, 4) is 11.5 Å². The number of anilines is 1. The fraction of sp³-hybridized carbons (Fsp3) is 0.300. The third-order valence-electron chi connectivity index (χ3n) is 4.61. The zero-order valence-corrected chi connectivity index (χ0v) is 16.1. The van der Waals surface area contributed by atoms with Crippen LogP contribution in [0.3, 0.4) is 0 Å². The third-order valence-corrected chi connectivity index (χ3v) is 5.30. The van der Waals surface area contributed by atoms with E-state index in [-0.39, 0.29) is 6.61 Å². The molecule has 1 aliphatic heterocycles. The number of halogens is 1. The Morgan fingerprint density at radius 2 is 1.81 bits per heavy atom. The van der Waals surface area contributed by atoms with Crippen molar-refractivity contribution in [3.63, 3.8) is 0 Å². The van der Waals surface area contributed by atoms with Gasteiger partial charge in [0.2, 0.25) is 0 Å². The van der Waals surface area contributed by atoms with Gasteiger partial charge >= 0.3 is 5.97 Å². The van der Waals surface area contributed by atoms with Gasteiger partial charge in [-0.05, 0) is 53.0 Å². The fourth-order valence-electron chi connectivity index (χ4n) is 3.32. The van der Waals surface area contributed by atoms with E-state index >= 15 is 0 Å². The minimum Gasteiger partial charge on any atom is -0.452 e. The second-order valence-corrected chi connectivity index (χ2v) is 7.44. The summed E-state index contributed by atoms with van der Waals surface area (Å²) in [7, 11) is 0. The summed E-state index contributed by atoms with van der Waals surface area (Å²) in [5.74, 6) is -0.213. The fourth-order valence-corrected chi connectivity index (χ4v) is 3.77. The van der Waals surface area contributed by atoms with Gasteiger partial charge in [0.25, 0.3) is 11.7 Å². The maximum absolute atomic E-state index is 12.1. The number of esters is 1. The van der Waals surface area contributed by atoms with Crippen LogP contribution >= 0.6 is 15.9 Å². The molecule has 2 aromatic carbocycles. The number of amides is 1. The van der Waals surface area contributed by atoms with Crippen LogP contribution in [0.5, 0.6) is 11.5 Å². The molecule has 1 saturated carbocycles. The molecule has 0 aromatic heterocycles. The highest BCUT2D eigenvalue weighted by Gasteiger charge is 2.44. The van der Waals surface area contributed by atoms with Crippen molar-refractivity contribution < 1.29 is 23.8 Å². The van der Waals surface area contributed by atoms with Crippen LogP contribution in [0.15, 0.2) is 46.9 Å². The maximum atomic E-state index is 12.1. The first-order valence-corrected chi connectivity index (χ1v) is 9.58. The molecular formula is C20H18BrNO5. The Balaban J connectivity index is 1.34. The standard InChI is InChI=1S/C20H18BrNO5/c21-15-6-2-1-5-14(15)19(24)25-12-18(23)22-13-7-8-16-17(11-13)27-20(26-16)9-3-4-10-20/h1-2,5-8,11H,3-4,9-10,12H2,(H,22,23). The van der Waals surface area contributed by atoms with Crippen LogP contribution in [0.1, 0.15) is 36.0 Å². The summed E-state index contributed by atoms with van der Waals surface area (Å²) in [4.78, 5) is 24.2. The molecule has 1 spiro atoms. The van der Waals surface area contributed by atoms with Crippen LogP contribution in [0.2, 0.25) is 0 Å². The highest BCUT2D eigenvalue weighted by Crippen LogP contribution is 2.47. The van der Waals surface area contributed by atoms with Crippen molar-refractivity contribution in [1.82, 2.24) is 0 Å². The van der Waals surface area contributed by atoms with E-state index in [1.165, 1.54) is 0 Å². The van der Waals surface area contributed by atoms with Gasteiger partial charge in [-0.25, -0.2) is 4.79 Å². The van der Waals surface area contributed by atoms with E-state index in [1.54, 1.807) is 42.5 Å². The number of nitrogens with one attached hydrogen (secondary N) is 1. The molecule has 1 heterocycles. The first-order chi connectivity index (χ1) is 13.0. The van der Waals surface area contributed by atoms with E-state index in [0.717, 1.165) is 25.7 Å².